The monoisotopic (exact) mass is 281 g/mol. The highest BCUT2D eigenvalue weighted by atomic mass is 16.6. The maximum Gasteiger partial charge on any atom is 0.408 e. The fourth-order valence-corrected chi connectivity index (χ4v) is 1.40. The summed E-state index contributed by atoms with van der Waals surface area (Å²) in [5.41, 5.74) is -0.645. The fraction of sp³-hybridized carbons (Fsp3) is 0.538. The number of hydrogen-bond acceptors (Lipinski definition) is 6. The number of rotatable bonds is 4. The molecule has 1 atom stereocenters. The quantitative estimate of drug-likeness (QED) is 0.831. The molecule has 1 aromatic rings. The average Bonchev–Trinajstić information content (AvgIpc) is 2.36. The van der Waals surface area contributed by atoms with Crippen molar-refractivity contribution >= 4 is 12.1 Å². The van der Waals surface area contributed by atoms with Gasteiger partial charge in [-0.05, 0) is 26.8 Å². The van der Waals surface area contributed by atoms with Crippen LogP contribution in [0.5, 0.6) is 0 Å². The Bertz CT molecular complexity index is 456. The third-order valence-electron chi connectivity index (χ3n) is 2.18. The van der Waals surface area contributed by atoms with Crippen molar-refractivity contribution < 1.29 is 19.1 Å². The summed E-state index contributed by atoms with van der Waals surface area (Å²) in [5.74, 6) is -0.151. The molecular formula is C13H19N3O4. The van der Waals surface area contributed by atoms with E-state index in [1.165, 1.54) is 7.11 Å². The highest BCUT2D eigenvalue weighted by molar-refractivity contribution is 5.81. The van der Waals surface area contributed by atoms with E-state index in [0.717, 1.165) is 0 Å². The zero-order valence-electron chi connectivity index (χ0n) is 12.0. The highest BCUT2D eigenvalue weighted by Gasteiger charge is 2.26. The van der Waals surface area contributed by atoms with Crippen molar-refractivity contribution in [2.24, 2.45) is 0 Å². The van der Waals surface area contributed by atoms with Crippen LogP contribution in [-0.4, -0.2) is 40.8 Å². The van der Waals surface area contributed by atoms with E-state index in [-0.39, 0.29) is 6.42 Å². The molecule has 110 valence electrons. The fourth-order valence-electron chi connectivity index (χ4n) is 1.40. The number of nitrogens with zero attached hydrogens (tertiary/aromatic N) is 2. The van der Waals surface area contributed by atoms with Crippen molar-refractivity contribution in [1.82, 2.24) is 15.3 Å². The topological polar surface area (TPSA) is 90.4 Å². The number of amides is 1. The summed E-state index contributed by atoms with van der Waals surface area (Å²) in [7, 11) is 1.25. The third-order valence-corrected chi connectivity index (χ3v) is 2.18. The van der Waals surface area contributed by atoms with Crippen molar-refractivity contribution in [3.05, 3.63) is 24.3 Å². The Labute approximate surface area is 117 Å². The molecule has 1 rings (SSSR count). The van der Waals surface area contributed by atoms with Crippen molar-refractivity contribution in [2.75, 3.05) is 7.11 Å². The van der Waals surface area contributed by atoms with Gasteiger partial charge in [0.05, 0.1) is 7.11 Å². The van der Waals surface area contributed by atoms with Gasteiger partial charge in [0, 0.05) is 18.8 Å². The summed E-state index contributed by atoms with van der Waals surface area (Å²) in [6, 6.07) is 0.773. The number of nitrogens with one attached hydrogen (secondary N) is 1. The standard InChI is InChI=1S/C13H19N3O4/c1-13(2,3)20-12(18)16-9(11(17)19-4)8-10-14-6-5-7-15-10/h5-7,9H,8H2,1-4H3,(H,16,18)/t9-/m1/s1. The number of alkyl carbamates (subject to hydrolysis) is 1. The second-order valence-electron chi connectivity index (χ2n) is 5.09. The zero-order chi connectivity index (χ0) is 15.2. The molecule has 0 unspecified atom stereocenters. The third kappa shape index (κ3) is 5.64. The van der Waals surface area contributed by atoms with Crippen LogP contribution in [-0.2, 0) is 20.7 Å². The molecule has 0 saturated heterocycles. The minimum Gasteiger partial charge on any atom is -0.467 e. The first-order valence-corrected chi connectivity index (χ1v) is 6.15. The first kappa shape index (κ1) is 15.9. The number of hydrogen-bond donors (Lipinski definition) is 1. The molecule has 7 heteroatoms. The summed E-state index contributed by atoms with van der Waals surface area (Å²) in [6.45, 7) is 5.21. The van der Waals surface area contributed by atoms with Crippen LogP contribution in [0.15, 0.2) is 18.5 Å². The maximum absolute atomic E-state index is 11.7. The van der Waals surface area contributed by atoms with E-state index in [4.69, 9.17) is 4.74 Å². The van der Waals surface area contributed by atoms with E-state index in [0.29, 0.717) is 5.82 Å². The minimum absolute atomic E-state index is 0.132. The molecule has 0 aliphatic carbocycles. The Morgan fingerprint density at radius 2 is 1.90 bits per heavy atom. The lowest BCUT2D eigenvalue weighted by molar-refractivity contribution is -0.143. The van der Waals surface area contributed by atoms with Crippen molar-refractivity contribution in [3.63, 3.8) is 0 Å². The molecule has 0 bridgehead atoms. The van der Waals surface area contributed by atoms with Crippen molar-refractivity contribution in [2.45, 2.75) is 38.8 Å². The Morgan fingerprint density at radius 1 is 1.30 bits per heavy atom. The van der Waals surface area contributed by atoms with E-state index in [9.17, 15) is 9.59 Å². The van der Waals surface area contributed by atoms with Gasteiger partial charge in [-0.15, -0.1) is 0 Å². The van der Waals surface area contributed by atoms with E-state index in [2.05, 4.69) is 20.0 Å². The minimum atomic E-state index is -0.891. The second-order valence-corrected chi connectivity index (χ2v) is 5.09. The smallest absolute Gasteiger partial charge is 0.408 e. The molecule has 1 N–H and O–H groups in total. The Hall–Kier alpha value is -2.18. The first-order valence-electron chi connectivity index (χ1n) is 6.15. The first-order chi connectivity index (χ1) is 9.31. The molecule has 20 heavy (non-hydrogen) atoms. The van der Waals surface area contributed by atoms with Crippen LogP contribution in [0.3, 0.4) is 0 Å². The van der Waals surface area contributed by atoms with Gasteiger partial charge in [-0.25, -0.2) is 19.6 Å². The number of carbonyl (C=O) groups is 2. The van der Waals surface area contributed by atoms with Gasteiger partial charge in [-0.2, -0.15) is 0 Å². The van der Waals surface area contributed by atoms with E-state index in [1.54, 1.807) is 39.2 Å². The predicted octanol–water partition coefficient (Wildman–Crippen LogP) is 1.09. The average molecular weight is 281 g/mol. The van der Waals surface area contributed by atoms with Crippen molar-refractivity contribution in [3.8, 4) is 0 Å². The molecule has 0 aromatic carbocycles. The van der Waals surface area contributed by atoms with Gasteiger partial charge in [0.1, 0.15) is 17.5 Å². The molecular weight excluding hydrogens is 262 g/mol. The van der Waals surface area contributed by atoms with E-state index >= 15 is 0 Å². The molecule has 7 nitrogen and oxygen atoms in total. The van der Waals surface area contributed by atoms with Crippen LogP contribution >= 0.6 is 0 Å². The maximum atomic E-state index is 11.7. The lowest BCUT2D eigenvalue weighted by Gasteiger charge is -2.22. The molecule has 0 saturated carbocycles. The van der Waals surface area contributed by atoms with Gasteiger partial charge in [0.15, 0.2) is 0 Å². The Morgan fingerprint density at radius 3 is 2.40 bits per heavy atom. The number of carbonyl (C=O) groups excluding carboxylic acids is 2. The summed E-state index contributed by atoms with van der Waals surface area (Å²) in [4.78, 5) is 31.4. The molecule has 0 radical (unpaired) electrons. The second kappa shape index (κ2) is 6.83. The molecule has 0 spiro atoms. The number of ether oxygens (including phenoxy) is 2. The molecule has 0 aliphatic rings. The molecule has 0 fully saturated rings. The Balaban J connectivity index is 2.70. The van der Waals surface area contributed by atoms with Gasteiger partial charge < -0.3 is 14.8 Å². The van der Waals surface area contributed by atoms with Crippen molar-refractivity contribution in [1.29, 1.82) is 0 Å². The number of esters is 1. The van der Waals surface area contributed by atoms with Gasteiger partial charge in [-0.3, -0.25) is 0 Å². The van der Waals surface area contributed by atoms with E-state index < -0.39 is 23.7 Å². The number of methoxy groups -OCH3 is 1. The van der Waals surface area contributed by atoms with Crippen LogP contribution in [0.1, 0.15) is 26.6 Å². The lowest BCUT2D eigenvalue weighted by Crippen LogP contribution is -2.45. The molecule has 1 amide bonds. The predicted molar refractivity (Wildman–Crippen MR) is 70.9 cm³/mol. The summed E-state index contributed by atoms with van der Waals surface area (Å²) >= 11 is 0. The SMILES string of the molecule is COC(=O)[C@@H](Cc1ncccn1)NC(=O)OC(C)(C)C. The summed E-state index contributed by atoms with van der Waals surface area (Å²) in [5, 5.41) is 2.46. The lowest BCUT2D eigenvalue weighted by atomic mass is 10.2. The molecule has 1 heterocycles. The molecule has 1 aromatic heterocycles. The summed E-state index contributed by atoms with van der Waals surface area (Å²) < 4.78 is 9.75. The van der Waals surface area contributed by atoms with Crippen LogP contribution in [0.2, 0.25) is 0 Å². The number of aromatic nitrogens is 2. The van der Waals surface area contributed by atoms with Gasteiger partial charge in [0.25, 0.3) is 0 Å². The zero-order valence-corrected chi connectivity index (χ0v) is 12.0. The van der Waals surface area contributed by atoms with Crippen LogP contribution in [0.4, 0.5) is 4.79 Å². The van der Waals surface area contributed by atoms with Crippen LogP contribution in [0.25, 0.3) is 0 Å². The normalized spacial score (nSPS) is 12.4. The van der Waals surface area contributed by atoms with Gasteiger partial charge in [-0.1, -0.05) is 0 Å². The highest BCUT2D eigenvalue weighted by Crippen LogP contribution is 2.07. The summed E-state index contributed by atoms with van der Waals surface area (Å²) in [6.07, 6.45) is 2.56. The van der Waals surface area contributed by atoms with Crippen LogP contribution < -0.4 is 5.32 Å². The Kier molecular flexibility index (Phi) is 5.42. The van der Waals surface area contributed by atoms with Gasteiger partial charge in [0.2, 0.25) is 0 Å². The van der Waals surface area contributed by atoms with E-state index in [1.807, 2.05) is 0 Å². The van der Waals surface area contributed by atoms with Crippen LogP contribution in [0, 0.1) is 0 Å². The van der Waals surface area contributed by atoms with Gasteiger partial charge >= 0.3 is 12.1 Å². The molecule has 0 aliphatic heterocycles. The largest absolute Gasteiger partial charge is 0.467 e.